The number of rotatable bonds is 10. The van der Waals surface area contributed by atoms with Gasteiger partial charge in [-0.15, -0.1) is 0 Å². The number of aryl methyl sites for hydroxylation is 1. The third kappa shape index (κ3) is 4.63. The minimum Gasteiger partial charge on any atom is -0.404 e. The molecule has 0 bridgehead atoms. The number of fused-ring (bicyclic) bond motifs is 1. The van der Waals surface area contributed by atoms with Gasteiger partial charge in [0.1, 0.15) is 5.84 Å². The van der Waals surface area contributed by atoms with Gasteiger partial charge >= 0.3 is 0 Å². The van der Waals surface area contributed by atoms with E-state index in [9.17, 15) is 0 Å². The van der Waals surface area contributed by atoms with Gasteiger partial charge in [-0.25, -0.2) is 4.68 Å². The quantitative estimate of drug-likeness (QED) is 0.243. The maximum Gasteiger partial charge on any atom is 0.149 e. The summed E-state index contributed by atoms with van der Waals surface area (Å²) < 4.78 is 1.95. The van der Waals surface area contributed by atoms with E-state index < -0.39 is 0 Å². The molecule has 0 aromatic carbocycles. The van der Waals surface area contributed by atoms with Crippen molar-refractivity contribution in [1.29, 1.82) is 0 Å². The molecule has 2 spiro atoms. The van der Waals surface area contributed by atoms with Gasteiger partial charge in [-0.3, -0.25) is 4.99 Å². The minimum atomic E-state index is 0.308. The van der Waals surface area contributed by atoms with Crippen molar-refractivity contribution in [2.75, 3.05) is 0 Å². The van der Waals surface area contributed by atoms with E-state index in [2.05, 4.69) is 39.6 Å². The lowest BCUT2D eigenvalue weighted by Crippen LogP contribution is -2.19. The Labute approximate surface area is 211 Å². The Morgan fingerprint density at radius 1 is 1.17 bits per heavy atom. The van der Waals surface area contributed by atoms with E-state index in [0.717, 1.165) is 46.7 Å². The Balaban J connectivity index is 1.30. The Bertz CT molecular complexity index is 1030. The molecule has 5 nitrogen and oxygen atoms in total. The first-order valence-electron chi connectivity index (χ1n) is 13.9. The van der Waals surface area contributed by atoms with Crippen molar-refractivity contribution in [2.24, 2.45) is 44.5 Å². The second-order valence-corrected chi connectivity index (χ2v) is 12.7. The lowest BCUT2D eigenvalue weighted by molar-refractivity contribution is 0.353. The molecular weight excluding hydrogens is 430 g/mol. The van der Waals surface area contributed by atoms with E-state index in [-0.39, 0.29) is 0 Å². The molecule has 5 rings (SSSR count). The van der Waals surface area contributed by atoms with Gasteiger partial charge in [-0.2, -0.15) is 5.10 Å². The summed E-state index contributed by atoms with van der Waals surface area (Å²) in [4.78, 5) is 5.29. The molecule has 4 saturated carbocycles. The van der Waals surface area contributed by atoms with Gasteiger partial charge in [0.25, 0.3) is 0 Å². The standard InChI is InChI=1S/C30H45N5/c1-5-7-22-18-28(3,4)19-25(22)33-27(11-10-23(20-31)21(2)32)35-17-12-24(34-35)8-6-9-26-29(13-14-29)30(26)15-16-30/h10-12,17,20,22,25-26H,2,5-9,13-16,18-19,31-32H2,1,3-4H3/b11-10-,23-20-,33-27+. The summed E-state index contributed by atoms with van der Waals surface area (Å²) in [6.07, 6.45) is 21.9. The van der Waals surface area contributed by atoms with E-state index in [1.807, 2.05) is 16.8 Å². The second kappa shape index (κ2) is 8.97. The average molecular weight is 476 g/mol. The summed E-state index contributed by atoms with van der Waals surface area (Å²) in [6, 6.07) is 2.47. The van der Waals surface area contributed by atoms with Crippen LogP contribution in [0, 0.1) is 28.1 Å². The zero-order valence-electron chi connectivity index (χ0n) is 22.1. The van der Waals surface area contributed by atoms with Crippen molar-refractivity contribution in [3.8, 4) is 0 Å². The summed E-state index contributed by atoms with van der Waals surface area (Å²) >= 11 is 0. The van der Waals surface area contributed by atoms with Crippen LogP contribution in [0.3, 0.4) is 0 Å². The molecule has 4 aliphatic rings. The van der Waals surface area contributed by atoms with Crippen LogP contribution in [-0.2, 0) is 6.42 Å². The van der Waals surface area contributed by atoms with Gasteiger partial charge in [0.15, 0.2) is 0 Å². The summed E-state index contributed by atoms with van der Waals surface area (Å²) in [5.41, 5.74) is 16.0. The van der Waals surface area contributed by atoms with Crippen molar-refractivity contribution in [3.63, 3.8) is 0 Å². The second-order valence-electron chi connectivity index (χ2n) is 12.7. The number of hydrogen-bond donors (Lipinski definition) is 2. The van der Waals surface area contributed by atoms with Gasteiger partial charge in [0, 0.05) is 23.7 Å². The minimum absolute atomic E-state index is 0.308. The Kier molecular flexibility index (Phi) is 6.26. The van der Waals surface area contributed by atoms with Gasteiger partial charge in [-0.05, 0) is 111 Å². The summed E-state index contributed by atoms with van der Waals surface area (Å²) in [6.45, 7) is 10.9. The maximum absolute atomic E-state index is 5.91. The molecule has 1 aromatic heterocycles. The first kappa shape index (κ1) is 24.4. The first-order chi connectivity index (χ1) is 16.7. The Morgan fingerprint density at radius 2 is 1.89 bits per heavy atom. The van der Waals surface area contributed by atoms with E-state index in [0.29, 0.717) is 23.1 Å². The highest BCUT2D eigenvalue weighted by Gasteiger charge is 2.85. The molecule has 5 heteroatoms. The van der Waals surface area contributed by atoms with Crippen LogP contribution in [0.5, 0.6) is 0 Å². The molecule has 0 aliphatic heterocycles. The first-order valence-corrected chi connectivity index (χ1v) is 13.9. The van der Waals surface area contributed by atoms with Crippen LogP contribution >= 0.6 is 0 Å². The van der Waals surface area contributed by atoms with Crippen molar-refractivity contribution < 1.29 is 0 Å². The molecule has 1 heterocycles. The van der Waals surface area contributed by atoms with E-state index in [1.165, 1.54) is 64.0 Å². The third-order valence-corrected chi connectivity index (χ3v) is 9.66. The van der Waals surface area contributed by atoms with Crippen LogP contribution < -0.4 is 11.5 Å². The zero-order chi connectivity index (χ0) is 24.8. The Morgan fingerprint density at radius 3 is 2.49 bits per heavy atom. The van der Waals surface area contributed by atoms with Gasteiger partial charge < -0.3 is 11.5 Å². The summed E-state index contributed by atoms with van der Waals surface area (Å²) in [5, 5.41) is 4.96. The van der Waals surface area contributed by atoms with E-state index in [1.54, 1.807) is 0 Å². The summed E-state index contributed by atoms with van der Waals surface area (Å²) in [5.74, 6) is 2.49. The van der Waals surface area contributed by atoms with E-state index in [4.69, 9.17) is 21.6 Å². The van der Waals surface area contributed by atoms with Crippen molar-refractivity contribution in [2.45, 2.75) is 97.4 Å². The molecule has 4 fully saturated rings. The fourth-order valence-electron chi connectivity index (χ4n) is 7.73. The predicted octanol–water partition coefficient (Wildman–Crippen LogP) is 6.12. The monoisotopic (exact) mass is 475 g/mol. The van der Waals surface area contributed by atoms with Crippen molar-refractivity contribution in [3.05, 3.63) is 54.2 Å². The predicted molar refractivity (Wildman–Crippen MR) is 145 cm³/mol. The molecule has 35 heavy (non-hydrogen) atoms. The maximum atomic E-state index is 5.91. The lowest BCUT2D eigenvalue weighted by atomic mass is 9.90. The molecule has 0 saturated heterocycles. The number of hydrogen-bond acceptors (Lipinski definition) is 4. The van der Waals surface area contributed by atoms with Crippen LogP contribution in [-0.4, -0.2) is 21.7 Å². The summed E-state index contributed by atoms with van der Waals surface area (Å²) in [7, 11) is 0. The van der Waals surface area contributed by atoms with E-state index >= 15 is 0 Å². The van der Waals surface area contributed by atoms with Crippen molar-refractivity contribution >= 4 is 5.84 Å². The van der Waals surface area contributed by atoms with Crippen molar-refractivity contribution in [1.82, 2.24) is 9.78 Å². The van der Waals surface area contributed by atoms with Crippen LogP contribution in [0.2, 0.25) is 0 Å². The molecule has 0 radical (unpaired) electrons. The fourth-order valence-corrected chi connectivity index (χ4v) is 7.73. The van der Waals surface area contributed by atoms with Crippen LogP contribution in [0.25, 0.3) is 0 Å². The van der Waals surface area contributed by atoms with Gasteiger partial charge in [-0.1, -0.05) is 33.8 Å². The van der Waals surface area contributed by atoms with Gasteiger partial charge in [0.05, 0.1) is 11.7 Å². The lowest BCUT2D eigenvalue weighted by Gasteiger charge is -2.16. The number of nitrogens with two attached hydrogens (primary N) is 2. The smallest absolute Gasteiger partial charge is 0.149 e. The van der Waals surface area contributed by atoms with Gasteiger partial charge in [0.2, 0.25) is 0 Å². The zero-order valence-corrected chi connectivity index (χ0v) is 22.1. The normalized spacial score (nSPS) is 28.3. The molecule has 0 amide bonds. The third-order valence-electron chi connectivity index (χ3n) is 9.66. The van der Waals surface area contributed by atoms with Crippen LogP contribution in [0.15, 0.2) is 53.5 Å². The van der Waals surface area contributed by atoms with Crippen LogP contribution in [0.1, 0.15) is 90.7 Å². The molecular formula is C30H45N5. The highest BCUT2D eigenvalue weighted by atomic mass is 15.3. The molecule has 2 atom stereocenters. The Hall–Kier alpha value is -2.30. The largest absolute Gasteiger partial charge is 0.404 e. The number of aliphatic imine (C=N–C) groups is 1. The topological polar surface area (TPSA) is 82.2 Å². The fraction of sp³-hybridized carbons (Fsp3) is 0.667. The number of aromatic nitrogens is 2. The molecule has 4 N–H and O–H groups in total. The molecule has 4 aliphatic carbocycles. The molecule has 190 valence electrons. The highest BCUT2D eigenvalue weighted by Crippen LogP contribution is 2.93. The molecule has 2 unspecified atom stereocenters. The number of allylic oxidation sites excluding steroid dienone is 2. The molecule has 1 aromatic rings. The average Bonchev–Trinajstić information content (AvgIpc) is 3.75. The highest BCUT2D eigenvalue weighted by molar-refractivity contribution is 5.94. The SMILES string of the molecule is C=C(N)C(/C=C\C(=N/C1CC(C)(C)CC1CCC)n1ccc(CCCC2C3(CC3)C23CC3)n1)=C\N. The number of nitrogens with zero attached hydrogens (tertiary/aromatic N) is 3. The van der Waals surface area contributed by atoms with Crippen LogP contribution in [0.4, 0.5) is 0 Å².